The predicted molar refractivity (Wildman–Crippen MR) is 98.5 cm³/mol. The van der Waals surface area contributed by atoms with E-state index in [2.05, 4.69) is 0 Å². The van der Waals surface area contributed by atoms with Crippen molar-refractivity contribution >= 4 is 11.8 Å². The molecule has 0 radical (unpaired) electrons. The van der Waals surface area contributed by atoms with E-state index in [1.165, 1.54) is 0 Å². The minimum atomic E-state index is -0.815. The first-order valence-corrected chi connectivity index (χ1v) is 9.43. The second kappa shape index (κ2) is 12.0. The number of carbonyl (C=O) groups excluding carboxylic acids is 1. The van der Waals surface area contributed by atoms with Crippen molar-refractivity contribution in [3.63, 3.8) is 0 Å². The summed E-state index contributed by atoms with van der Waals surface area (Å²) in [6.07, 6.45) is 9.23. The van der Waals surface area contributed by atoms with E-state index < -0.39 is 18.2 Å². The van der Waals surface area contributed by atoms with E-state index >= 15 is 0 Å². The van der Waals surface area contributed by atoms with Crippen LogP contribution in [0.25, 0.3) is 0 Å². The fraction of sp³-hybridized carbons (Fsp3) is 0.700. The first kappa shape index (κ1) is 22.5. The van der Waals surface area contributed by atoms with Crippen LogP contribution in [0.2, 0.25) is 0 Å². The molecule has 4 N–H and O–H groups in total. The lowest BCUT2D eigenvalue weighted by molar-refractivity contribution is -0.137. The Bertz CT molecular complexity index is 497. The van der Waals surface area contributed by atoms with Crippen LogP contribution >= 0.6 is 0 Å². The molecule has 0 spiro atoms. The van der Waals surface area contributed by atoms with Crippen LogP contribution in [0.15, 0.2) is 24.3 Å². The van der Waals surface area contributed by atoms with E-state index in [1.807, 2.05) is 12.2 Å². The van der Waals surface area contributed by atoms with Gasteiger partial charge in [0.2, 0.25) is 0 Å². The molecule has 0 bridgehead atoms. The highest BCUT2D eigenvalue weighted by atomic mass is 16.4. The Hall–Kier alpha value is -1.50. The van der Waals surface area contributed by atoms with Crippen molar-refractivity contribution in [3.05, 3.63) is 24.3 Å². The molecule has 148 valence electrons. The van der Waals surface area contributed by atoms with Gasteiger partial charge in [-0.05, 0) is 45.4 Å². The molecule has 6 heteroatoms. The summed E-state index contributed by atoms with van der Waals surface area (Å²) in [6.45, 7) is 1.71. The average Bonchev–Trinajstić information content (AvgIpc) is 2.81. The number of carbonyl (C=O) groups is 2. The van der Waals surface area contributed by atoms with E-state index in [1.54, 1.807) is 19.1 Å². The smallest absolute Gasteiger partial charge is 0.303 e. The Labute approximate surface area is 155 Å². The molecule has 1 aliphatic carbocycles. The van der Waals surface area contributed by atoms with Gasteiger partial charge in [-0.15, -0.1) is 0 Å². The lowest BCUT2D eigenvalue weighted by Gasteiger charge is -2.16. The Morgan fingerprint density at radius 3 is 2.62 bits per heavy atom. The van der Waals surface area contributed by atoms with Crippen LogP contribution in [-0.2, 0) is 9.59 Å². The van der Waals surface area contributed by atoms with E-state index in [0.29, 0.717) is 38.5 Å². The number of aliphatic carboxylic acids is 1. The number of aliphatic hydroxyl groups is 3. The fourth-order valence-corrected chi connectivity index (χ4v) is 3.23. The number of carboxylic acids is 1. The van der Waals surface area contributed by atoms with Gasteiger partial charge in [0, 0.05) is 24.7 Å². The predicted octanol–water partition coefficient (Wildman–Crippen LogP) is 2.22. The molecular weight excluding hydrogens is 336 g/mol. The fourth-order valence-electron chi connectivity index (χ4n) is 3.23. The number of allylic oxidation sites excluding steroid dienone is 2. The number of carboxylic acid groups (broad SMARTS) is 1. The van der Waals surface area contributed by atoms with Crippen molar-refractivity contribution in [2.75, 3.05) is 0 Å². The van der Waals surface area contributed by atoms with Crippen molar-refractivity contribution in [2.24, 2.45) is 11.8 Å². The van der Waals surface area contributed by atoms with Crippen LogP contribution in [0.5, 0.6) is 0 Å². The van der Waals surface area contributed by atoms with Gasteiger partial charge in [0.1, 0.15) is 5.78 Å². The van der Waals surface area contributed by atoms with Crippen LogP contribution < -0.4 is 0 Å². The van der Waals surface area contributed by atoms with Gasteiger partial charge in [0.15, 0.2) is 0 Å². The number of ketones is 1. The molecule has 0 aromatic rings. The summed E-state index contributed by atoms with van der Waals surface area (Å²) in [6, 6.07) is 0. The van der Waals surface area contributed by atoms with Crippen molar-refractivity contribution in [1.82, 2.24) is 0 Å². The summed E-state index contributed by atoms with van der Waals surface area (Å²) in [5.41, 5.74) is 0. The number of aliphatic hydroxyl groups excluding tert-OH is 3. The number of rotatable bonds is 12. The molecule has 1 saturated carbocycles. The lowest BCUT2D eigenvalue weighted by atomic mass is 9.90. The van der Waals surface area contributed by atoms with Crippen LogP contribution in [-0.4, -0.2) is 50.5 Å². The maximum absolute atomic E-state index is 12.1. The Balaban J connectivity index is 2.47. The second-order valence-corrected chi connectivity index (χ2v) is 7.15. The number of unbranched alkanes of at least 4 members (excludes halogenated alkanes) is 1. The third-order valence-electron chi connectivity index (χ3n) is 4.73. The van der Waals surface area contributed by atoms with Gasteiger partial charge in [-0.1, -0.05) is 24.3 Å². The molecule has 1 aliphatic rings. The molecule has 26 heavy (non-hydrogen) atoms. The zero-order chi connectivity index (χ0) is 19.5. The summed E-state index contributed by atoms with van der Waals surface area (Å²) in [5.74, 6) is -1.41. The lowest BCUT2D eigenvalue weighted by Crippen LogP contribution is -2.18. The minimum Gasteiger partial charge on any atom is -0.481 e. The van der Waals surface area contributed by atoms with Gasteiger partial charge in [-0.25, -0.2) is 0 Å². The first-order valence-electron chi connectivity index (χ1n) is 9.43. The minimum absolute atomic E-state index is 0.0194. The third kappa shape index (κ3) is 8.74. The molecule has 6 nitrogen and oxygen atoms in total. The van der Waals surface area contributed by atoms with Crippen LogP contribution in [0.4, 0.5) is 0 Å². The molecule has 0 saturated heterocycles. The van der Waals surface area contributed by atoms with Gasteiger partial charge in [0.25, 0.3) is 0 Å². The maximum atomic E-state index is 12.1. The summed E-state index contributed by atoms with van der Waals surface area (Å²) < 4.78 is 0. The molecule has 5 atom stereocenters. The summed E-state index contributed by atoms with van der Waals surface area (Å²) in [7, 11) is 0. The molecule has 1 fully saturated rings. The number of Topliss-reactive ketones (excluding diaryl/α,β-unsaturated/α-hetero) is 1. The Morgan fingerprint density at radius 1 is 1.23 bits per heavy atom. The molecule has 0 amide bonds. The molecule has 0 aliphatic heterocycles. The maximum Gasteiger partial charge on any atom is 0.303 e. The van der Waals surface area contributed by atoms with Gasteiger partial charge < -0.3 is 20.4 Å². The highest BCUT2D eigenvalue weighted by Crippen LogP contribution is 2.33. The first-order chi connectivity index (χ1) is 12.3. The second-order valence-electron chi connectivity index (χ2n) is 7.15. The summed E-state index contributed by atoms with van der Waals surface area (Å²) >= 11 is 0. The summed E-state index contributed by atoms with van der Waals surface area (Å²) in [5, 5.41) is 37.9. The molecule has 0 heterocycles. The molecule has 0 aromatic carbocycles. The SMILES string of the molecule is C[C@@H](O)CCC[C@H](O)/C=C/[C@H]1[C@H](O)CC(=O)[C@@H]1C/C=C/CCCC(=O)O. The highest BCUT2D eigenvalue weighted by Gasteiger charge is 2.39. The normalized spacial score (nSPS) is 26.0. The van der Waals surface area contributed by atoms with E-state index in [9.17, 15) is 24.9 Å². The van der Waals surface area contributed by atoms with Crippen LogP contribution in [0.3, 0.4) is 0 Å². The Morgan fingerprint density at radius 2 is 1.96 bits per heavy atom. The molecule has 0 aromatic heterocycles. The monoisotopic (exact) mass is 368 g/mol. The van der Waals surface area contributed by atoms with Crippen LogP contribution in [0.1, 0.15) is 58.3 Å². The zero-order valence-corrected chi connectivity index (χ0v) is 15.5. The topological polar surface area (TPSA) is 115 Å². The van der Waals surface area contributed by atoms with Crippen molar-refractivity contribution in [3.8, 4) is 0 Å². The number of hydrogen-bond acceptors (Lipinski definition) is 5. The zero-order valence-electron chi connectivity index (χ0n) is 15.5. The van der Waals surface area contributed by atoms with Crippen molar-refractivity contribution in [1.29, 1.82) is 0 Å². The Kier molecular flexibility index (Phi) is 10.4. The average molecular weight is 368 g/mol. The third-order valence-corrected chi connectivity index (χ3v) is 4.73. The molecule has 1 rings (SSSR count). The van der Waals surface area contributed by atoms with Crippen molar-refractivity contribution in [2.45, 2.75) is 76.6 Å². The van der Waals surface area contributed by atoms with E-state index in [0.717, 1.165) is 0 Å². The van der Waals surface area contributed by atoms with Crippen molar-refractivity contribution < 1.29 is 30.0 Å². The van der Waals surface area contributed by atoms with Gasteiger partial charge in [-0.2, -0.15) is 0 Å². The molecular formula is C20H32O6. The standard InChI is InChI=1S/C20H32O6/c1-14(21)7-6-8-15(22)11-12-17-16(18(23)13-19(17)24)9-4-2-3-5-10-20(25)26/h2,4,11-12,14-17,19,21-22,24H,3,5-10,13H2,1H3,(H,25,26)/b4-2+,12-11+/t14-,15+,16-,17-,19-/m1/s1. The number of hydrogen-bond donors (Lipinski definition) is 4. The quantitative estimate of drug-likeness (QED) is 0.310. The van der Waals surface area contributed by atoms with Crippen LogP contribution in [0, 0.1) is 11.8 Å². The van der Waals surface area contributed by atoms with E-state index in [-0.39, 0.29) is 36.6 Å². The van der Waals surface area contributed by atoms with Gasteiger partial charge >= 0.3 is 5.97 Å². The van der Waals surface area contributed by atoms with Gasteiger partial charge in [-0.3, -0.25) is 9.59 Å². The van der Waals surface area contributed by atoms with E-state index in [4.69, 9.17) is 5.11 Å². The highest BCUT2D eigenvalue weighted by molar-refractivity contribution is 5.84. The largest absolute Gasteiger partial charge is 0.481 e. The summed E-state index contributed by atoms with van der Waals surface area (Å²) in [4.78, 5) is 22.6. The van der Waals surface area contributed by atoms with Gasteiger partial charge in [0.05, 0.1) is 18.3 Å². The molecule has 0 unspecified atom stereocenters.